The summed E-state index contributed by atoms with van der Waals surface area (Å²) in [4.78, 5) is 11.5. The first-order valence-electron chi connectivity index (χ1n) is 8.04. The first kappa shape index (κ1) is 19.8. The zero-order chi connectivity index (χ0) is 18.7. The van der Waals surface area contributed by atoms with Crippen LogP contribution in [-0.2, 0) is 24.8 Å². The van der Waals surface area contributed by atoms with Crippen LogP contribution in [-0.4, -0.2) is 53.2 Å². The van der Waals surface area contributed by atoms with Crippen molar-refractivity contribution in [2.75, 3.05) is 20.1 Å². The van der Waals surface area contributed by atoms with Crippen molar-refractivity contribution in [1.82, 2.24) is 14.3 Å². The minimum Gasteiger partial charge on any atom is -0.358 e. The number of amides is 1. The number of rotatable bonds is 9. The molecule has 0 bridgehead atoms. The molecule has 1 aliphatic carbocycles. The van der Waals surface area contributed by atoms with Crippen molar-refractivity contribution in [3.63, 3.8) is 0 Å². The molecular weight excluding hydrogens is 366 g/mol. The van der Waals surface area contributed by atoms with Gasteiger partial charge in [-0.2, -0.15) is 4.31 Å². The zero-order valence-corrected chi connectivity index (χ0v) is 15.9. The van der Waals surface area contributed by atoms with Gasteiger partial charge in [0.25, 0.3) is 0 Å². The Bertz CT molecular complexity index is 815. The maximum atomic E-state index is 12.7. The first-order valence-corrected chi connectivity index (χ1v) is 11.0. The highest BCUT2D eigenvalue weighted by Crippen LogP contribution is 2.23. The normalized spacial score (nSPS) is 15.3. The van der Waals surface area contributed by atoms with E-state index >= 15 is 0 Å². The lowest BCUT2D eigenvalue weighted by Gasteiger charge is -2.21. The van der Waals surface area contributed by atoms with Gasteiger partial charge in [-0.15, -0.1) is 0 Å². The molecule has 1 fully saturated rings. The molecule has 0 atom stereocenters. The summed E-state index contributed by atoms with van der Waals surface area (Å²) in [6.45, 7) is 1.72. The third kappa shape index (κ3) is 5.00. The topological polar surface area (TPSA) is 113 Å². The Morgan fingerprint density at radius 3 is 2.16 bits per heavy atom. The van der Waals surface area contributed by atoms with E-state index in [2.05, 4.69) is 10.0 Å². The van der Waals surface area contributed by atoms with Crippen LogP contribution in [0.5, 0.6) is 0 Å². The van der Waals surface area contributed by atoms with Crippen molar-refractivity contribution in [2.45, 2.75) is 42.0 Å². The molecule has 0 aromatic heterocycles. The molecule has 10 heteroatoms. The second kappa shape index (κ2) is 7.81. The molecule has 2 N–H and O–H groups in total. The van der Waals surface area contributed by atoms with E-state index in [1.54, 1.807) is 0 Å². The summed E-state index contributed by atoms with van der Waals surface area (Å²) in [7, 11) is -6.08. The number of sulfonamides is 2. The molecule has 0 radical (unpaired) electrons. The molecule has 0 aliphatic heterocycles. The predicted molar refractivity (Wildman–Crippen MR) is 92.9 cm³/mol. The minimum atomic E-state index is -3.88. The van der Waals surface area contributed by atoms with Gasteiger partial charge in [0.05, 0.1) is 16.3 Å². The van der Waals surface area contributed by atoms with Crippen LogP contribution in [0.3, 0.4) is 0 Å². The van der Waals surface area contributed by atoms with E-state index in [0.717, 1.165) is 17.1 Å². The van der Waals surface area contributed by atoms with E-state index in [1.165, 1.54) is 31.3 Å². The Morgan fingerprint density at radius 1 is 1.12 bits per heavy atom. The average molecular weight is 389 g/mol. The van der Waals surface area contributed by atoms with Crippen LogP contribution in [0.4, 0.5) is 0 Å². The van der Waals surface area contributed by atoms with Crippen LogP contribution >= 0.6 is 0 Å². The SMILES string of the molecule is CCCN(CC(=O)NC)S(=O)(=O)c1ccc(S(=O)(=O)NC2CC2)cc1. The summed E-state index contributed by atoms with van der Waals surface area (Å²) in [5.41, 5.74) is 0. The molecule has 1 amide bonds. The maximum absolute atomic E-state index is 12.7. The van der Waals surface area contributed by atoms with Gasteiger partial charge in [0.1, 0.15) is 0 Å². The van der Waals surface area contributed by atoms with Crippen molar-refractivity contribution < 1.29 is 21.6 Å². The van der Waals surface area contributed by atoms with E-state index in [1.807, 2.05) is 6.92 Å². The summed E-state index contributed by atoms with van der Waals surface area (Å²) in [5, 5.41) is 2.40. The van der Waals surface area contributed by atoms with Crippen LogP contribution in [0, 0.1) is 0 Å². The molecule has 0 spiro atoms. The standard InChI is InChI=1S/C15H23N3O5S2/c1-3-10-18(11-15(19)16-2)25(22,23)14-8-6-13(7-9-14)24(20,21)17-12-4-5-12/h6-9,12,17H,3-5,10-11H2,1-2H3,(H,16,19). The second-order valence-electron chi connectivity index (χ2n) is 5.88. The molecule has 2 rings (SSSR count). The van der Waals surface area contributed by atoms with Gasteiger partial charge in [-0.3, -0.25) is 4.79 Å². The zero-order valence-electron chi connectivity index (χ0n) is 14.2. The van der Waals surface area contributed by atoms with Gasteiger partial charge in [-0.1, -0.05) is 6.92 Å². The highest BCUT2D eigenvalue weighted by molar-refractivity contribution is 7.89. The molecule has 1 aromatic rings. The molecule has 0 unspecified atom stereocenters. The number of benzene rings is 1. The predicted octanol–water partition coefficient (Wildman–Crippen LogP) is 0.274. The number of hydrogen-bond donors (Lipinski definition) is 2. The van der Waals surface area contributed by atoms with Crippen LogP contribution in [0.15, 0.2) is 34.1 Å². The molecule has 140 valence electrons. The minimum absolute atomic E-state index is 0.0201. The van der Waals surface area contributed by atoms with Crippen LogP contribution in [0.25, 0.3) is 0 Å². The number of nitrogens with one attached hydrogen (secondary N) is 2. The van der Waals surface area contributed by atoms with Crippen LogP contribution in [0.1, 0.15) is 26.2 Å². The quantitative estimate of drug-likeness (QED) is 0.630. The smallest absolute Gasteiger partial charge is 0.243 e. The molecule has 0 heterocycles. The number of carbonyl (C=O) groups is 1. The van der Waals surface area contributed by atoms with E-state index in [0.29, 0.717) is 6.42 Å². The number of hydrogen-bond acceptors (Lipinski definition) is 5. The molecule has 25 heavy (non-hydrogen) atoms. The molecule has 8 nitrogen and oxygen atoms in total. The fourth-order valence-corrected chi connectivity index (χ4v) is 4.99. The lowest BCUT2D eigenvalue weighted by molar-refractivity contribution is -0.120. The van der Waals surface area contributed by atoms with Gasteiger partial charge < -0.3 is 5.32 Å². The summed E-state index contributed by atoms with van der Waals surface area (Å²) in [5.74, 6) is -0.412. The van der Waals surface area contributed by atoms with Crippen molar-refractivity contribution >= 4 is 26.0 Å². The second-order valence-corrected chi connectivity index (χ2v) is 9.53. The fraction of sp³-hybridized carbons (Fsp3) is 0.533. The van der Waals surface area contributed by atoms with Gasteiger partial charge >= 0.3 is 0 Å². The van der Waals surface area contributed by atoms with Gasteiger partial charge in [-0.05, 0) is 43.5 Å². The largest absolute Gasteiger partial charge is 0.358 e. The number of nitrogens with zero attached hydrogens (tertiary/aromatic N) is 1. The molecule has 1 saturated carbocycles. The summed E-state index contributed by atoms with van der Waals surface area (Å²) in [6.07, 6.45) is 2.18. The van der Waals surface area contributed by atoms with Gasteiger partial charge in [0.2, 0.25) is 26.0 Å². The van der Waals surface area contributed by atoms with Gasteiger partial charge in [0.15, 0.2) is 0 Å². The summed E-state index contributed by atoms with van der Waals surface area (Å²) < 4.78 is 53.3. The third-order valence-electron chi connectivity index (χ3n) is 3.74. The van der Waals surface area contributed by atoms with E-state index in [9.17, 15) is 21.6 Å². The average Bonchev–Trinajstić information content (AvgIpc) is 3.37. The Kier molecular flexibility index (Phi) is 6.20. The lowest BCUT2D eigenvalue weighted by atomic mass is 10.4. The molecule has 1 aromatic carbocycles. The highest BCUT2D eigenvalue weighted by Gasteiger charge is 2.29. The molecule has 0 saturated heterocycles. The fourth-order valence-electron chi connectivity index (χ4n) is 2.20. The number of likely N-dealkylation sites (N-methyl/N-ethyl adjacent to an activating group) is 1. The maximum Gasteiger partial charge on any atom is 0.243 e. The van der Waals surface area contributed by atoms with E-state index in [4.69, 9.17) is 0 Å². The van der Waals surface area contributed by atoms with Gasteiger partial charge in [0, 0.05) is 19.6 Å². The molecule has 1 aliphatic rings. The summed E-state index contributed by atoms with van der Waals surface area (Å²) >= 11 is 0. The lowest BCUT2D eigenvalue weighted by Crippen LogP contribution is -2.40. The Hall–Kier alpha value is -1.49. The first-order chi connectivity index (χ1) is 11.7. The van der Waals surface area contributed by atoms with Gasteiger partial charge in [-0.25, -0.2) is 21.6 Å². The Morgan fingerprint density at radius 2 is 1.68 bits per heavy atom. The Balaban J connectivity index is 2.24. The number of carbonyl (C=O) groups excluding carboxylic acids is 1. The molecular formula is C15H23N3O5S2. The van der Waals surface area contributed by atoms with Crippen LogP contribution < -0.4 is 10.0 Å². The van der Waals surface area contributed by atoms with E-state index in [-0.39, 0.29) is 28.9 Å². The summed E-state index contributed by atoms with van der Waals surface area (Å²) in [6, 6.07) is 5.01. The third-order valence-corrected chi connectivity index (χ3v) is 7.14. The van der Waals surface area contributed by atoms with Crippen LogP contribution in [0.2, 0.25) is 0 Å². The van der Waals surface area contributed by atoms with Crippen molar-refractivity contribution in [3.05, 3.63) is 24.3 Å². The Labute approximate surface area is 148 Å². The van der Waals surface area contributed by atoms with Crippen molar-refractivity contribution in [1.29, 1.82) is 0 Å². The van der Waals surface area contributed by atoms with Crippen molar-refractivity contribution in [3.8, 4) is 0 Å². The van der Waals surface area contributed by atoms with E-state index < -0.39 is 26.0 Å². The monoisotopic (exact) mass is 389 g/mol. The van der Waals surface area contributed by atoms with Crippen molar-refractivity contribution in [2.24, 2.45) is 0 Å². The highest BCUT2D eigenvalue weighted by atomic mass is 32.2.